The van der Waals surface area contributed by atoms with Crippen LogP contribution >= 0.6 is 0 Å². The highest BCUT2D eigenvalue weighted by Crippen LogP contribution is 2.52. The van der Waals surface area contributed by atoms with Gasteiger partial charge in [0, 0.05) is 21.9 Å². The van der Waals surface area contributed by atoms with Gasteiger partial charge >= 0.3 is 0 Å². The summed E-state index contributed by atoms with van der Waals surface area (Å²) in [4.78, 5) is 0. The molecule has 1 nitrogen and oxygen atoms in total. The molecule has 0 fully saturated rings. The number of rotatable bonds is 2. The lowest BCUT2D eigenvalue weighted by Crippen LogP contribution is -2.16. The molecule has 6 aromatic carbocycles. The summed E-state index contributed by atoms with van der Waals surface area (Å²) >= 11 is 0. The van der Waals surface area contributed by atoms with Crippen LogP contribution in [0.4, 0.5) is 0 Å². The van der Waals surface area contributed by atoms with Gasteiger partial charge in [-0.25, -0.2) is 0 Å². The average molecular weight is 486 g/mol. The van der Waals surface area contributed by atoms with Crippen molar-refractivity contribution in [3.8, 4) is 27.9 Å². The Morgan fingerprint density at radius 1 is 0.526 bits per heavy atom. The first-order chi connectivity index (χ1) is 18.6. The zero-order valence-corrected chi connectivity index (χ0v) is 21.6. The van der Waals surface area contributed by atoms with Crippen molar-refractivity contribution in [2.24, 2.45) is 0 Å². The van der Waals surface area contributed by atoms with Crippen molar-refractivity contribution >= 4 is 32.6 Å². The molecule has 0 amide bonds. The second kappa shape index (κ2) is 7.69. The van der Waals surface area contributed by atoms with E-state index in [1.165, 1.54) is 71.6 Å². The van der Waals surface area contributed by atoms with Gasteiger partial charge in [-0.15, -0.1) is 0 Å². The summed E-state index contributed by atoms with van der Waals surface area (Å²) in [6, 6.07) is 46.8. The minimum atomic E-state index is -0.0884. The Labute approximate surface area is 222 Å². The quantitative estimate of drug-likeness (QED) is 0.230. The Morgan fingerprint density at radius 2 is 1.29 bits per heavy atom. The van der Waals surface area contributed by atoms with E-state index in [-0.39, 0.29) is 5.41 Å². The smallest absolute Gasteiger partial charge is 0.0588 e. The van der Waals surface area contributed by atoms with Crippen LogP contribution in [0.3, 0.4) is 0 Å². The van der Waals surface area contributed by atoms with Crippen molar-refractivity contribution in [2.45, 2.75) is 19.3 Å². The van der Waals surface area contributed by atoms with Gasteiger partial charge in [-0.3, -0.25) is 0 Å². The Hall–Kier alpha value is -4.62. The molecule has 7 aromatic rings. The molecule has 0 bridgehead atoms. The summed E-state index contributed by atoms with van der Waals surface area (Å²) in [6.45, 7) is 4.76. The molecule has 180 valence electrons. The normalized spacial score (nSPS) is 13.7. The second-order valence-corrected chi connectivity index (χ2v) is 11.0. The molecule has 1 aromatic heterocycles. The maximum Gasteiger partial charge on any atom is 0.0588 e. The van der Waals surface area contributed by atoms with E-state index < -0.39 is 0 Å². The van der Waals surface area contributed by atoms with Gasteiger partial charge in [0.2, 0.25) is 0 Å². The van der Waals surface area contributed by atoms with E-state index in [9.17, 15) is 0 Å². The van der Waals surface area contributed by atoms with Gasteiger partial charge in [-0.05, 0) is 68.4 Å². The standard InChI is InChI=1S/C37H27N/c1-37(2)33-14-8-6-12-29(33)31-20-21-32-30-13-7-9-15-34(30)38(36(32)35(31)37)28-19-18-25-16-17-26(22-27(25)23-28)24-10-4-3-5-11-24/h3-23H,1-2H3. The SMILES string of the molecule is CC1(C)c2ccccc2-c2ccc3c4ccccc4n(-c4ccc5ccc(-c6ccccc6)cc5c4)c3c21. The first-order valence-corrected chi connectivity index (χ1v) is 13.4. The Bertz CT molecular complexity index is 2040. The predicted octanol–water partition coefficient (Wildman–Crippen LogP) is 9.91. The molecule has 0 radical (unpaired) electrons. The maximum absolute atomic E-state index is 2.51. The second-order valence-electron chi connectivity index (χ2n) is 11.0. The van der Waals surface area contributed by atoms with E-state index in [4.69, 9.17) is 0 Å². The van der Waals surface area contributed by atoms with Crippen LogP contribution < -0.4 is 0 Å². The Kier molecular flexibility index (Phi) is 4.35. The Balaban J connectivity index is 1.45. The van der Waals surface area contributed by atoms with Gasteiger partial charge < -0.3 is 4.57 Å². The number of hydrogen-bond acceptors (Lipinski definition) is 0. The zero-order valence-electron chi connectivity index (χ0n) is 21.6. The lowest BCUT2D eigenvalue weighted by molar-refractivity contribution is 0.664. The molecule has 0 unspecified atom stereocenters. The number of nitrogens with zero attached hydrogens (tertiary/aromatic N) is 1. The predicted molar refractivity (Wildman–Crippen MR) is 161 cm³/mol. The highest BCUT2D eigenvalue weighted by molar-refractivity contribution is 6.13. The molecule has 38 heavy (non-hydrogen) atoms. The van der Waals surface area contributed by atoms with Crippen LogP contribution in [0.15, 0.2) is 127 Å². The van der Waals surface area contributed by atoms with Gasteiger partial charge in [-0.1, -0.05) is 117 Å². The van der Waals surface area contributed by atoms with Crippen molar-refractivity contribution in [2.75, 3.05) is 0 Å². The third-order valence-corrected chi connectivity index (χ3v) is 8.54. The first kappa shape index (κ1) is 21.5. The van der Waals surface area contributed by atoms with Gasteiger partial charge in [0.25, 0.3) is 0 Å². The lowest BCUT2D eigenvalue weighted by atomic mass is 9.81. The van der Waals surface area contributed by atoms with Crippen LogP contribution in [-0.4, -0.2) is 4.57 Å². The van der Waals surface area contributed by atoms with Crippen molar-refractivity contribution in [3.63, 3.8) is 0 Å². The largest absolute Gasteiger partial charge is 0.309 e. The fourth-order valence-electron chi connectivity index (χ4n) is 6.76. The average Bonchev–Trinajstić information content (AvgIpc) is 3.42. The van der Waals surface area contributed by atoms with E-state index >= 15 is 0 Å². The number of aromatic nitrogens is 1. The first-order valence-electron chi connectivity index (χ1n) is 13.4. The van der Waals surface area contributed by atoms with Gasteiger partial charge in [0.05, 0.1) is 11.0 Å². The minimum absolute atomic E-state index is 0.0884. The molecule has 0 atom stereocenters. The van der Waals surface area contributed by atoms with Crippen molar-refractivity contribution < 1.29 is 0 Å². The van der Waals surface area contributed by atoms with E-state index in [1.807, 2.05) is 0 Å². The molecule has 1 heteroatoms. The van der Waals surface area contributed by atoms with E-state index in [0.717, 1.165) is 0 Å². The zero-order chi connectivity index (χ0) is 25.4. The number of hydrogen-bond donors (Lipinski definition) is 0. The molecule has 1 aliphatic rings. The highest BCUT2D eigenvalue weighted by atomic mass is 15.0. The summed E-state index contributed by atoms with van der Waals surface area (Å²) in [5.41, 5.74) is 11.7. The summed E-state index contributed by atoms with van der Waals surface area (Å²) in [5.74, 6) is 0. The summed E-state index contributed by atoms with van der Waals surface area (Å²) < 4.78 is 2.51. The topological polar surface area (TPSA) is 4.93 Å². The molecule has 0 N–H and O–H groups in total. The molecule has 1 heterocycles. The van der Waals surface area contributed by atoms with E-state index in [0.29, 0.717) is 0 Å². The molecule has 8 rings (SSSR count). The number of para-hydroxylation sites is 1. The van der Waals surface area contributed by atoms with Crippen LogP contribution in [0.5, 0.6) is 0 Å². The fraction of sp³-hybridized carbons (Fsp3) is 0.0811. The molecule has 0 aliphatic heterocycles. The lowest BCUT2D eigenvalue weighted by Gasteiger charge is -2.23. The highest BCUT2D eigenvalue weighted by Gasteiger charge is 2.38. The number of fused-ring (bicyclic) bond motifs is 8. The third kappa shape index (κ3) is 2.87. The maximum atomic E-state index is 2.51. The van der Waals surface area contributed by atoms with Gasteiger partial charge in [0.15, 0.2) is 0 Å². The third-order valence-electron chi connectivity index (χ3n) is 8.54. The van der Waals surface area contributed by atoms with E-state index in [2.05, 4.69) is 146 Å². The molecule has 1 aliphatic carbocycles. The number of benzene rings is 6. The van der Waals surface area contributed by atoms with Crippen LogP contribution in [-0.2, 0) is 5.41 Å². The van der Waals surface area contributed by atoms with Gasteiger partial charge in [-0.2, -0.15) is 0 Å². The van der Waals surface area contributed by atoms with Crippen LogP contribution in [0.2, 0.25) is 0 Å². The molecule has 0 saturated heterocycles. The Morgan fingerprint density at radius 3 is 2.18 bits per heavy atom. The molecule has 0 spiro atoms. The summed E-state index contributed by atoms with van der Waals surface area (Å²) in [6.07, 6.45) is 0. The molecular weight excluding hydrogens is 458 g/mol. The van der Waals surface area contributed by atoms with Crippen LogP contribution in [0, 0.1) is 0 Å². The van der Waals surface area contributed by atoms with Crippen molar-refractivity contribution in [1.29, 1.82) is 0 Å². The van der Waals surface area contributed by atoms with E-state index in [1.54, 1.807) is 0 Å². The molecular formula is C37H27N. The van der Waals surface area contributed by atoms with Crippen LogP contribution in [0.25, 0.3) is 60.5 Å². The monoisotopic (exact) mass is 485 g/mol. The van der Waals surface area contributed by atoms with Crippen molar-refractivity contribution in [1.82, 2.24) is 4.57 Å². The molecule has 0 saturated carbocycles. The van der Waals surface area contributed by atoms with Crippen molar-refractivity contribution in [3.05, 3.63) is 139 Å². The van der Waals surface area contributed by atoms with Crippen LogP contribution in [0.1, 0.15) is 25.0 Å². The minimum Gasteiger partial charge on any atom is -0.309 e. The summed E-state index contributed by atoms with van der Waals surface area (Å²) in [5, 5.41) is 5.13. The summed E-state index contributed by atoms with van der Waals surface area (Å²) in [7, 11) is 0. The van der Waals surface area contributed by atoms with Gasteiger partial charge in [0.1, 0.15) is 0 Å². The fourth-order valence-corrected chi connectivity index (χ4v) is 6.76.